The fourth-order valence-corrected chi connectivity index (χ4v) is 3.50. The van der Waals surface area contributed by atoms with Crippen LogP contribution in [0, 0.1) is 23.2 Å². The fourth-order valence-electron chi connectivity index (χ4n) is 3.50. The van der Waals surface area contributed by atoms with Crippen LogP contribution < -0.4 is 10.6 Å². The van der Waals surface area contributed by atoms with Crippen LogP contribution in [0.5, 0.6) is 0 Å². The second kappa shape index (κ2) is 5.62. The quantitative estimate of drug-likeness (QED) is 0.723. The molecule has 114 valence electrons. The summed E-state index contributed by atoms with van der Waals surface area (Å²) in [5.74, 6) is -0.587. The van der Waals surface area contributed by atoms with E-state index in [0.717, 1.165) is 25.7 Å². The lowest BCUT2D eigenvalue weighted by Crippen LogP contribution is -2.51. The number of carbonyl (C=O) groups is 2. The smallest absolute Gasteiger partial charge is 0.315 e. The number of urea groups is 1. The Morgan fingerprint density at radius 3 is 2.50 bits per heavy atom. The largest absolute Gasteiger partial charge is 0.481 e. The summed E-state index contributed by atoms with van der Waals surface area (Å²) >= 11 is 0. The molecule has 0 spiro atoms. The van der Waals surface area contributed by atoms with Crippen molar-refractivity contribution in [3.8, 4) is 0 Å². The van der Waals surface area contributed by atoms with Crippen molar-refractivity contribution >= 4 is 12.0 Å². The topological polar surface area (TPSA) is 78.4 Å². The van der Waals surface area contributed by atoms with Gasteiger partial charge in [-0.2, -0.15) is 0 Å². The van der Waals surface area contributed by atoms with Crippen molar-refractivity contribution in [2.24, 2.45) is 23.2 Å². The Morgan fingerprint density at radius 1 is 1.25 bits per heavy atom. The van der Waals surface area contributed by atoms with Crippen molar-refractivity contribution in [2.75, 3.05) is 6.54 Å². The molecule has 0 aromatic heterocycles. The van der Waals surface area contributed by atoms with E-state index in [2.05, 4.69) is 31.4 Å². The van der Waals surface area contributed by atoms with Gasteiger partial charge in [0.1, 0.15) is 0 Å². The second-order valence-electron chi connectivity index (χ2n) is 7.07. The lowest BCUT2D eigenvalue weighted by Gasteiger charge is -2.30. The minimum Gasteiger partial charge on any atom is -0.481 e. The Kier molecular flexibility index (Phi) is 4.25. The van der Waals surface area contributed by atoms with Gasteiger partial charge in [-0.15, -0.1) is 0 Å². The molecule has 0 heterocycles. The summed E-state index contributed by atoms with van der Waals surface area (Å²) in [5, 5.41) is 15.1. The molecular weight excluding hydrogens is 256 g/mol. The zero-order valence-corrected chi connectivity index (χ0v) is 12.6. The van der Waals surface area contributed by atoms with Crippen LogP contribution >= 0.6 is 0 Å². The summed E-state index contributed by atoms with van der Waals surface area (Å²) in [7, 11) is 0. The number of aliphatic carboxylic acids is 1. The molecule has 4 unspecified atom stereocenters. The third kappa shape index (κ3) is 3.07. The first-order chi connectivity index (χ1) is 9.34. The third-order valence-corrected chi connectivity index (χ3v) is 5.18. The molecule has 2 aliphatic rings. The highest BCUT2D eigenvalue weighted by atomic mass is 16.4. The number of hydrogen-bond donors (Lipinski definition) is 3. The van der Waals surface area contributed by atoms with Gasteiger partial charge in [-0.3, -0.25) is 4.79 Å². The summed E-state index contributed by atoms with van der Waals surface area (Å²) in [6, 6.07) is -0.425. The third-order valence-electron chi connectivity index (χ3n) is 5.18. The maximum Gasteiger partial charge on any atom is 0.315 e. The number of carboxylic acids is 1. The molecule has 2 fully saturated rings. The van der Waals surface area contributed by atoms with Crippen molar-refractivity contribution in [1.82, 2.24) is 10.6 Å². The minimum absolute atomic E-state index is 0.0677. The van der Waals surface area contributed by atoms with E-state index < -0.39 is 11.9 Å². The fraction of sp³-hybridized carbons (Fsp3) is 0.867. The van der Waals surface area contributed by atoms with E-state index in [1.807, 2.05) is 0 Å². The molecule has 2 aliphatic carbocycles. The number of amides is 2. The lowest BCUT2D eigenvalue weighted by molar-refractivity contribution is -0.144. The maximum absolute atomic E-state index is 12.0. The number of hydrogen-bond acceptors (Lipinski definition) is 2. The van der Waals surface area contributed by atoms with Crippen LogP contribution in [0.15, 0.2) is 0 Å². The molecule has 5 heteroatoms. The van der Waals surface area contributed by atoms with E-state index >= 15 is 0 Å². The van der Waals surface area contributed by atoms with Gasteiger partial charge in [-0.25, -0.2) is 4.79 Å². The van der Waals surface area contributed by atoms with Gasteiger partial charge >= 0.3 is 12.0 Å². The van der Waals surface area contributed by atoms with Gasteiger partial charge in [0.2, 0.25) is 0 Å². The van der Waals surface area contributed by atoms with Crippen LogP contribution in [-0.4, -0.2) is 29.7 Å². The highest BCUT2D eigenvalue weighted by Gasteiger charge is 2.51. The molecule has 0 aromatic rings. The molecule has 3 N–H and O–H groups in total. The first kappa shape index (κ1) is 15.1. The zero-order valence-electron chi connectivity index (χ0n) is 12.6. The van der Waals surface area contributed by atoms with Gasteiger partial charge in [-0.1, -0.05) is 20.8 Å². The van der Waals surface area contributed by atoms with E-state index in [4.69, 9.17) is 0 Å². The van der Waals surface area contributed by atoms with Gasteiger partial charge in [-0.05, 0) is 42.9 Å². The van der Waals surface area contributed by atoms with Gasteiger partial charge in [0.05, 0.1) is 5.92 Å². The Balaban J connectivity index is 1.89. The maximum atomic E-state index is 12.0. The van der Waals surface area contributed by atoms with Crippen molar-refractivity contribution in [3.63, 3.8) is 0 Å². The van der Waals surface area contributed by atoms with Crippen LogP contribution in [0.3, 0.4) is 0 Å². The zero-order chi connectivity index (χ0) is 14.9. The Morgan fingerprint density at radius 2 is 1.90 bits per heavy atom. The highest BCUT2D eigenvalue weighted by molar-refractivity contribution is 5.77. The number of nitrogens with one attached hydrogen (secondary N) is 2. The van der Waals surface area contributed by atoms with Crippen molar-refractivity contribution < 1.29 is 14.7 Å². The van der Waals surface area contributed by atoms with E-state index in [0.29, 0.717) is 12.5 Å². The molecule has 2 bridgehead atoms. The number of fused-ring (bicyclic) bond motifs is 2. The van der Waals surface area contributed by atoms with Crippen molar-refractivity contribution in [2.45, 2.75) is 52.5 Å². The lowest BCUT2D eigenvalue weighted by atomic mass is 9.84. The van der Waals surface area contributed by atoms with Crippen molar-refractivity contribution in [1.29, 1.82) is 0 Å². The predicted molar refractivity (Wildman–Crippen MR) is 76.4 cm³/mol. The monoisotopic (exact) mass is 282 g/mol. The van der Waals surface area contributed by atoms with Gasteiger partial charge in [0.25, 0.3) is 0 Å². The SMILES string of the molecule is CCC(C)(C)CNC(=O)NC1C2CCC(C2)C1C(=O)O. The predicted octanol–water partition coefficient (Wildman–Crippen LogP) is 2.22. The Bertz CT molecular complexity index is 395. The van der Waals surface area contributed by atoms with Crippen LogP contribution in [0.4, 0.5) is 4.79 Å². The molecule has 2 saturated carbocycles. The number of carboxylic acid groups (broad SMARTS) is 1. The molecule has 0 saturated heterocycles. The van der Waals surface area contributed by atoms with Gasteiger partial charge < -0.3 is 15.7 Å². The molecule has 2 amide bonds. The highest BCUT2D eigenvalue weighted by Crippen LogP contribution is 2.48. The molecule has 0 aromatic carbocycles. The number of rotatable bonds is 5. The Labute approximate surface area is 120 Å². The molecule has 0 radical (unpaired) electrons. The summed E-state index contributed by atoms with van der Waals surface area (Å²) in [6.45, 7) is 6.90. The van der Waals surface area contributed by atoms with Crippen LogP contribution in [0.2, 0.25) is 0 Å². The van der Waals surface area contributed by atoms with Gasteiger partial charge in [0, 0.05) is 12.6 Å². The van der Waals surface area contributed by atoms with Crippen LogP contribution in [-0.2, 0) is 4.79 Å². The molecule has 5 nitrogen and oxygen atoms in total. The molecular formula is C15H26N2O3. The van der Waals surface area contributed by atoms with E-state index in [1.165, 1.54) is 0 Å². The Hall–Kier alpha value is -1.26. The first-order valence-electron chi connectivity index (χ1n) is 7.61. The minimum atomic E-state index is -0.767. The van der Waals surface area contributed by atoms with E-state index in [9.17, 15) is 14.7 Å². The van der Waals surface area contributed by atoms with E-state index in [1.54, 1.807) is 0 Å². The van der Waals surface area contributed by atoms with Crippen molar-refractivity contribution in [3.05, 3.63) is 0 Å². The van der Waals surface area contributed by atoms with Gasteiger partial charge in [0.15, 0.2) is 0 Å². The normalized spacial score (nSPS) is 32.1. The average molecular weight is 282 g/mol. The second-order valence-corrected chi connectivity index (χ2v) is 7.07. The summed E-state index contributed by atoms with van der Waals surface area (Å²) < 4.78 is 0. The molecule has 4 atom stereocenters. The standard InChI is InChI=1S/C15H26N2O3/c1-4-15(2,3)8-16-14(20)17-12-10-6-5-9(7-10)11(12)13(18)19/h9-12H,4-8H2,1-3H3,(H,18,19)(H2,16,17,20). The van der Waals surface area contributed by atoms with Crippen LogP contribution in [0.1, 0.15) is 46.5 Å². The number of carbonyl (C=O) groups excluding carboxylic acids is 1. The molecule has 20 heavy (non-hydrogen) atoms. The average Bonchev–Trinajstić information content (AvgIpc) is 2.97. The summed E-state index contributed by atoms with van der Waals surface area (Å²) in [6.07, 6.45) is 3.96. The van der Waals surface area contributed by atoms with E-state index in [-0.39, 0.29) is 23.4 Å². The molecule has 0 aliphatic heterocycles. The van der Waals surface area contributed by atoms with Crippen LogP contribution in [0.25, 0.3) is 0 Å². The summed E-state index contributed by atoms with van der Waals surface area (Å²) in [4.78, 5) is 23.4. The summed E-state index contributed by atoms with van der Waals surface area (Å²) in [5.41, 5.74) is 0.0677. The first-order valence-corrected chi connectivity index (χ1v) is 7.61. The molecule has 2 rings (SSSR count).